The maximum atomic E-state index is 13.6. The third-order valence-electron chi connectivity index (χ3n) is 4.61. The fourth-order valence-electron chi connectivity index (χ4n) is 3.16. The van der Waals surface area contributed by atoms with Gasteiger partial charge in [0.1, 0.15) is 12.4 Å². The normalized spacial score (nSPS) is 10.7. The van der Waals surface area contributed by atoms with E-state index in [1.54, 1.807) is 37.4 Å². The molecular weight excluding hydrogens is 369 g/mol. The molecule has 0 unspecified atom stereocenters. The molecule has 0 saturated carbocycles. The number of fused-ring (bicyclic) bond motifs is 1. The van der Waals surface area contributed by atoms with Crippen molar-refractivity contribution in [1.29, 1.82) is 0 Å². The molecule has 0 aliphatic carbocycles. The standard InChI is InChI=1S/C24H18FNO3/c1-28-23-12-20-18(14-27)11-21(17-8-5-9-19(25)10-17)26-22(20)13-24(23)29-15-16-6-3-2-4-7-16/h2-14H,15H2,1H3. The van der Waals surface area contributed by atoms with Crippen LogP contribution in [0.3, 0.4) is 0 Å². The molecular formula is C24H18FNO3. The van der Waals surface area contributed by atoms with Crippen molar-refractivity contribution in [2.24, 2.45) is 0 Å². The van der Waals surface area contributed by atoms with E-state index in [-0.39, 0.29) is 5.82 Å². The van der Waals surface area contributed by atoms with Crippen molar-refractivity contribution < 1.29 is 18.7 Å². The Hall–Kier alpha value is -3.73. The highest BCUT2D eigenvalue weighted by Gasteiger charge is 2.13. The molecule has 4 aromatic rings. The van der Waals surface area contributed by atoms with Gasteiger partial charge in [-0.3, -0.25) is 4.79 Å². The summed E-state index contributed by atoms with van der Waals surface area (Å²) in [5, 5.41) is 0.643. The average molecular weight is 387 g/mol. The summed E-state index contributed by atoms with van der Waals surface area (Å²) in [5.41, 5.74) is 3.14. The SMILES string of the molecule is COc1cc2c(C=O)cc(-c3cccc(F)c3)nc2cc1OCc1ccccc1. The number of hydrogen-bond donors (Lipinski definition) is 0. The lowest BCUT2D eigenvalue weighted by Crippen LogP contribution is -1.99. The molecule has 5 heteroatoms. The van der Waals surface area contributed by atoms with Crippen molar-refractivity contribution in [3.63, 3.8) is 0 Å². The highest BCUT2D eigenvalue weighted by Crippen LogP contribution is 2.35. The average Bonchev–Trinajstić information content (AvgIpc) is 2.76. The summed E-state index contributed by atoms with van der Waals surface area (Å²) < 4.78 is 25.0. The van der Waals surface area contributed by atoms with E-state index in [4.69, 9.17) is 9.47 Å². The number of halogens is 1. The van der Waals surface area contributed by atoms with Crippen LogP contribution in [-0.2, 0) is 6.61 Å². The summed E-state index contributed by atoms with van der Waals surface area (Å²) in [5.74, 6) is 0.667. The van der Waals surface area contributed by atoms with Crippen molar-refractivity contribution in [1.82, 2.24) is 4.98 Å². The Bertz CT molecular complexity index is 1180. The number of carbonyl (C=O) groups is 1. The minimum absolute atomic E-state index is 0.362. The minimum Gasteiger partial charge on any atom is -0.493 e. The van der Waals surface area contributed by atoms with E-state index in [1.165, 1.54) is 12.1 Å². The molecule has 3 aromatic carbocycles. The molecule has 29 heavy (non-hydrogen) atoms. The van der Waals surface area contributed by atoms with E-state index >= 15 is 0 Å². The highest BCUT2D eigenvalue weighted by atomic mass is 19.1. The zero-order valence-electron chi connectivity index (χ0n) is 15.8. The number of rotatable bonds is 6. The fraction of sp³-hybridized carbons (Fsp3) is 0.0833. The molecule has 0 aliphatic rings. The lowest BCUT2D eigenvalue weighted by atomic mass is 10.0. The van der Waals surface area contributed by atoms with Gasteiger partial charge in [0.25, 0.3) is 0 Å². The van der Waals surface area contributed by atoms with Gasteiger partial charge in [-0.05, 0) is 29.8 Å². The van der Waals surface area contributed by atoms with Crippen LogP contribution in [0.2, 0.25) is 0 Å². The van der Waals surface area contributed by atoms with E-state index in [9.17, 15) is 9.18 Å². The van der Waals surface area contributed by atoms with Crippen LogP contribution in [-0.4, -0.2) is 18.4 Å². The second-order valence-electron chi connectivity index (χ2n) is 6.52. The number of nitrogens with zero attached hydrogens (tertiary/aromatic N) is 1. The van der Waals surface area contributed by atoms with E-state index in [0.29, 0.717) is 45.8 Å². The highest BCUT2D eigenvalue weighted by molar-refractivity contribution is 5.99. The monoisotopic (exact) mass is 387 g/mol. The van der Waals surface area contributed by atoms with Crippen LogP contribution in [0.15, 0.2) is 72.8 Å². The molecule has 1 aromatic heterocycles. The number of aromatic nitrogens is 1. The summed E-state index contributed by atoms with van der Waals surface area (Å²) in [6, 6.07) is 21.0. The number of benzene rings is 3. The summed E-state index contributed by atoms with van der Waals surface area (Å²) in [7, 11) is 1.55. The van der Waals surface area contributed by atoms with Crippen LogP contribution in [0.25, 0.3) is 22.2 Å². The van der Waals surface area contributed by atoms with Gasteiger partial charge in [0, 0.05) is 22.6 Å². The second kappa shape index (κ2) is 8.10. The Morgan fingerprint density at radius 2 is 1.79 bits per heavy atom. The van der Waals surface area contributed by atoms with Gasteiger partial charge < -0.3 is 9.47 Å². The van der Waals surface area contributed by atoms with E-state index in [2.05, 4.69) is 4.98 Å². The van der Waals surface area contributed by atoms with E-state index in [0.717, 1.165) is 11.8 Å². The maximum absolute atomic E-state index is 13.6. The van der Waals surface area contributed by atoms with Crippen molar-refractivity contribution in [2.45, 2.75) is 6.61 Å². The van der Waals surface area contributed by atoms with Gasteiger partial charge in [-0.1, -0.05) is 42.5 Å². The first-order valence-electron chi connectivity index (χ1n) is 9.08. The summed E-state index contributed by atoms with van der Waals surface area (Å²) >= 11 is 0. The van der Waals surface area contributed by atoms with Gasteiger partial charge in [-0.25, -0.2) is 9.37 Å². The predicted octanol–water partition coefficient (Wildman–Crippen LogP) is 5.44. The van der Waals surface area contributed by atoms with Gasteiger partial charge in [0.15, 0.2) is 17.8 Å². The van der Waals surface area contributed by atoms with Crippen molar-refractivity contribution >= 4 is 17.2 Å². The molecule has 0 atom stereocenters. The number of ether oxygens (including phenoxy) is 2. The number of pyridine rings is 1. The fourth-order valence-corrected chi connectivity index (χ4v) is 3.16. The van der Waals surface area contributed by atoms with Gasteiger partial charge in [0.2, 0.25) is 0 Å². The van der Waals surface area contributed by atoms with Crippen LogP contribution in [0.4, 0.5) is 4.39 Å². The number of hydrogen-bond acceptors (Lipinski definition) is 4. The van der Waals surface area contributed by atoms with Crippen LogP contribution in [0, 0.1) is 5.82 Å². The van der Waals surface area contributed by atoms with Gasteiger partial charge in [-0.15, -0.1) is 0 Å². The lowest BCUT2D eigenvalue weighted by Gasteiger charge is -2.13. The molecule has 0 bridgehead atoms. The molecule has 0 fully saturated rings. The molecule has 0 amide bonds. The first kappa shape index (κ1) is 18.6. The Labute approximate surface area is 167 Å². The van der Waals surface area contributed by atoms with Crippen LogP contribution < -0.4 is 9.47 Å². The first-order chi connectivity index (χ1) is 14.2. The molecule has 0 spiro atoms. The van der Waals surface area contributed by atoms with Crippen LogP contribution in [0.5, 0.6) is 11.5 Å². The number of methoxy groups -OCH3 is 1. The summed E-state index contributed by atoms with van der Waals surface area (Å²) in [6.45, 7) is 0.368. The molecule has 4 rings (SSSR count). The summed E-state index contributed by atoms with van der Waals surface area (Å²) in [4.78, 5) is 16.3. The zero-order chi connectivity index (χ0) is 20.2. The zero-order valence-corrected chi connectivity index (χ0v) is 15.8. The number of aldehydes is 1. The van der Waals surface area contributed by atoms with Crippen molar-refractivity contribution in [2.75, 3.05) is 7.11 Å². The predicted molar refractivity (Wildman–Crippen MR) is 110 cm³/mol. The Kier molecular flexibility index (Phi) is 5.20. The van der Waals surface area contributed by atoms with E-state index < -0.39 is 0 Å². The second-order valence-corrected chi connectivity index (χ2v) is 6.52. The molecule has 144 valence electrons. The first-order valence-corrected chi connectivity index (χ1v) is 9.08. The molecule has 0 N–H and O–H groups in total. The minimum atomic E-state index is -0.362. The molecule has 0 aliphatic heterocycles. The molecule has 1 heterocycles. The topological polar surface area (TPSA) is 48.4 Å². The lowest BCUT2D eigenvalue weighted by molar-refractivity contribution is 0.112. The van der Waals surface area contributed by atoms with Crippen LogP contribution in [0.1, 0.15) is 15.9 Å². The maximum Gasteiger partial charge on any atom is 0.163 e. The third kappa shape index (κ3) is 3.94. The quantitative estimate of drug-likeness (QED) is 0.413. The molecule has 4 nitrogen and oxygen atoms in total. The van der Waals surface area contributed by atoms with Gasteiger partial charge >= 0.3 is 0 Å². The Morgan fingerprint density at radius 1 is 0.966 bits per heavy atom. The van der Waals surface area contributed by atoms with Crippen molar-refractivity contribution in [3.8, 4) is 22.8 Å². The number of carbonyl (C=O) groups excluding carboxylic acids is 1. The smallest absolute Gasteiger partial charge is 0.163 e. The van der Waals surface area contributed by atoms with Gasteiger partial charge in [0.05, 0.1) is 18.3 Å². The van der Waals surface area contributed by atoms with E-state index in [1.807, 2.05) is 30.3 Å². The summed E-state index contributed by atoms with van der Waals surface area (Å²) in [6.07, 6.45) is 0.761. The largest absolute Gasteiger partial charge is 0.493 e. The van der Waals surface area contributed by atoms with Crippen molar-refractivity contribution in [3.05, 3.63) is 89.7 Å². The third-order valence-corrected chi connectivity index (χ3v) is 4.61. The molecule has 0 radical (unpaired) electrons. The Morgan fingerprint density at radius 3 is 2.52 bits per heavy atom. The van der Waals surface area contributed by atoms with Gasteiger partial charge in [-0.2, -0.15) is 0 Å². The Balaban J connectivity index is 1.79. The van der Waals surface area contributed by atoms with Crippen LogP contribution >= 0.6 is 0 Å². The molecule has 0 saturated heterocycles.